The number of nitrogens with zero attached hydrogens (tertiary/aromatic N) is 6. The van der Waals surface area contributed by atoms with Crippen molar-refractivity contribution in [3.63, 3.8) is 0 Å². The molecule has 31 heavy (non-hydrogen) atoms. The Balaban J connectivity index is 1.49. The normalized spacial score (nSPS) is 21.4. The van der Waals surface area contributed by atoms with Gasteiger partial charge in [-0.15, -0.1) is 0 Å². The molecule has 0 radical (unpaired) electrons. The van der Waals surface area contributed by atoms with Gasteiger partial charge < -0.3 is 9.64 Å². The van der Waals surface area contributed by atoms with Crippen LogP contribution >= 0.6 is 0 Å². The molecule has 0 atom stereocenters. The number of aromatic nitrogens is 5. The lowest BCUT2D eigenvalue weighted by molar-refractivity contribution is -0.135. The number of halogens is 3. The summed E-state index contributed by atoms with van der Waals surface area (Å²) >= 11 is 0. The van der Waals surface area contributed by atoms with Crippen LogP contribution in [0.1, 0.15) is 19.8 Å². The largest absolute Gasteiger partial charge is 0.458 e. The van der Waals surface area contributed by atoms with Gasteiger partial charge in [-0.3, -0.25) is 13.9 Å². The Kier molecular flexibility index (Phi) is 4.98. The number of allylic oxidation sites excluding steroid dienone is 1. The Labute approximate surface area is 176 Å². The van der Waals surface area contributed by atoms with Crippen LogP contribution in [0.2, 0.25) is 0 Å². The average molecular weight is 434 g/mol. The van der Waals surface area contributed by atoms with Gasteiger partial charge in [0.15, 0.2) is 0 Å². The number of aryl methyl sites for hydroxylation is 1. The highest BCUT2D eigenvalue weighted by molar-refractivity contribution is 5.87. The van der Waals surface area contributed by atoms with E-state index >= 15 is 0 Å². The zero-order chi connectivity index (χ0) is 22.4. The van der Waals surface area contributed by atoms with Crippen LogP contribution in [-0.2, 0) is 11.8 Å². The molecule has 11 heteroatoms. The van der Waals surface area contributed by atoms with Crippen LogP contribution in [0.3, 0.4) is 0 Å². The van der Waals surface area contributed by atoms with Crippen LogP contribution in [0.4, 0.5) is 13.2 Å². The first-order valence-electron chi connectivity index (χ1n) is 9.58. The van der Waals surface area contributed by atoms with Gasteiger partial charge in [0.25, 0.3) is 0 Å². The van der Waals surface area contributed by atoms with Gasteiger partial charge in [-0.05, 0) is 6.92 Å². The second kappa shape index (κ2) is 7.40. The Morgan fingerprint density at radius 2 is 2.13 bits per heavy atom. The van der Waals surface area contributed by atoms with Gasteiger partial charge in [0, 0.05) is 75.4 Å². The van der Waals surface area contributed by atoms with E-state index in [2.05, 4.69) is 15.1 Å². The van der Waals surface area contributed by atoms with Gasteiger partial charge in [-0.1, -0.05) is 0 Å². The second-order valence-electron chi connectivity index (χ2n) is 7.92. The number of carbonyl (C=O) groups excluding carboxylic acids is 1. The van der Waals surface area contributed by atoms with E-state index in [9.17, 15) is 18.0 Å². The number of ether oxygens (including phenoxy) is 1. The standard InChI is InChI=1S/C20H21F3N6O2/c1-19(9-14(10-19)28(3)17(30)4-5-20(21,22)23)31-18-26-15(13-11-25-27(2)12-13)8-16-24-6-7-29(16)18/h4-8,11-12,14H,9-10H2,1-3H3/b5-4+/t14-,19+. The zero-order valence-electron chi connectivity index (χ0n) is 17.2. The molecule has 0 N–H and O–H groups in total. The summed E-state index contributed by atoms with van der Waals surface area (Å²) in [4.78, 5) is 22.2. The zero-order valence-corrected chi connectivity index (χ0v) is 17.2. The van der Waals surface area contributed by atoms with Crippen molar-refractivity contribution >= 4 is 11.6 Å². The van der Waals surface area contributed by atoms with E-state index in [4.69, 9.17) is 4.74 Å². The van der Waals surface area contributed by atoms with Crippen LogP contribution in [0, 0.1) is 0 Å². The lowest BCUT2D eigenvalue weighted by atomic mass is 9.76. The highest BCUT2D eigenvalue weighted by Gasteiger charge is 2.46. The molecule has 1 amide bonds. The fourth-order valence-electron chi connectivity index (χ4n) is 3.65. The van der Waals surface area contributed by atoms with E-state index in [0.717, 1.165) is 5.56 Å². The van der Waals surface area contributed by atoms with Crippen LogP contribution < -0.4 is 4.74 Å². The van der Waals surface area contributed by atoms with Gasteiger partial charge in [0.1, 0.15) is 11.2 Å². The first-order valence-corrected chi connectivity index (χ1v) is 9.58. The predicted octanol–water partition coefficient (Wildman–Crippen LogP) is 3.01. The van der Waals surface area contributed by atoms with Crippen molar-refractivity contribution in [2.24, 2.45) is 7.05 Å². The molecular weight excluding hydrogens is 413 g/mol. The first-order chi connectivity index (χ1) is 14.5. The molecule has 3 aromatic rings. The molecule has 0 unspecified atom stereocenters. The topological polar surface area (TPSA) is 77.5 Å². The molecule has 164 valence electrons. The summed E-state index contributed by atoms with van der Waals surface area (Å²) in [6.07, 6.45) is 3.81. The van der Waals surface area contributed by atoms with Crippen molar-refractivity contribution in [3.8, 4) is 17.3 Å². The summed E-state index contributed by atoms with van der Waals surface area (Å²) in [5, 5.41) is 4.16. The lowest BCUT2D eigenvalue weighted by Crippen LogP contribution is -2.56. The number of likely N-dealkylation sites (N-methyl/N-ethyl adjacent to an activating group) is 1. The van der Waals surface area contributed by atoms with Crippen molar-refractivity contribution in [3.05, 3.63) is 43.0 Å². The Morgan fingerprint density at radius 3 is 2.77 bits per heavy atom. The molecule has 0 aromatic carbocycles. The molecule has 1 aliphatic rings. The highest BCUT2D eigenvalue weighted by atomic mass is 19.4. The van der Waals surface area contributed by atoms with Crippen molar-refractivity contribution in [2.45, 2.75) is 37.6 Å². The summed E-state index contributed by atoms with van der Waals surface area (Å²) in [6, 6.07) is 1.95. The summed E-state index contributed by atoms with van der Waals surface area (Å²) in [7, 11) is 3.30. The van der Waals surface area contributed by atoms with E-state index in [1.54, 1.807) is 27.7 Å². The number of hydrogen-bond acceptors (Lipinski definition) is 5. The number of imidazole rings is 1. The third-order valence-corrected chi connectivity index (χ3v) is 5.34. The molecule has 0 saturated heterocycles. The molecule has 8 nitrogen and oxygen atoms in total. The summed E-state index contributed by atoms with van der Waals surface area (Å²) < 4.78 is 46.5. The maximum atomic E-state index is 12.3. The molecule has 3 aromatic heterocycles. The van der Waals surface area contributed by atoms with Crippen LogP contribution in [0.25, 0.3) is 16.9 Å². The minimum absolute atomic E-state index is 0.0518. The molecular formula is C20H21F3N6O2. The highest BCUT2D eigenvalue weighted by Crippen LogP contribution is 2.39. The molecule has 0 bridgehead atoms. The number of amides is 1. The van der Waals surface area contributed by atoms with E-state index in [1.165, 1.54) is 11.9 Å². The summed E-state index contributed by atoms with van der Waals surface area (Å²) in [5.41, 5.74) is 1.51. The third kappa shape index (κ3) is 4.39. The van der Waals surface area contributed by atoms with Gasteiger partial charge in [-0.2, -0.15) is 23.3 Å². The van der Waals surface area contributed by atoms with Crippen molar-refractivity contribution in [2.75, 3.05) is 7.05 Å². The Bertz CT molecular complexity index is 1140. The van der Waals surface area contributed by atoms with Crippen molar-refractivity contribution in [1.29, 1.82) is 0 Å². The molecule has 0 spiro atoms. The SMILES string of the molecule is Cn1cc(-c2cc3nccn3c(O[C@]3(C)C[C@H](N(C)C(=O)/C=C/C(F)(F)F)C3)n2)cn1. The fourth-order valence-corrected chi connectivity index (χ4v) is 3.65. The second-order valence-corrected chi connectivity index (χ2v) is 7.92. The van der Waals surface area contributed by atoms with E-state index in [1.807, 2.05) is 26.2 Å². The Morgan fingerprint density at radius 1 is 1.39 bits per heavy atom. The molecule has 3 heterocycles. The maximum absolute atomic E-state index is 12.3. The number of carbonyl (C=O) groups is 1. The molecule has 1 fully saturated rings. The van der Waals surface area contributed by atoms with E-state index in [-0.39, 0.29) is 12.1 Å². The number of fused-ring (bicyclic) bond motifs is 1. The molecule has 0 aliphatic heterocycles. The number of hydrogen-bond donors (Lipinski definition) is 0. The van der Waals surface area contributed by atoms with Crippen molar-refractivity contribution in [1.82, 2.24) is 29.0 Å². The van der Waals surface area contributed by atoms with Gasteiger partial charge in [-0.25, -0.2) is 4.98 Å². The van der Waals surface area contributed by atoms with Crippen LogP contribution in [0.5, 0.6) is 6.01 Å². The summed E-state index contributed by atoms with van der Waals surface area (Å²) in [6.45, 7) is 1.88. The monoisotopic (exact) mass is 434 g/mol. The average Bonchev–Trinajstić information content (AvgIpc) is 3.31. The number of alkyl halides is 3. The minimum atomic E-state index is -4.52. The van der Waals surface area contributed by atoms with Gasteiger partial charge >= 0.3 is 12.2 Å². The predicted molar refractivity (Wildman–Crippen MR) is 105 cm³/mol. The lowest BCUT2D eigenvalue weighted by Gasteiger charge is -2.47. The number of rotatable bonds is 5. The van der Waals surface area contributed by atoms with E-state index < -0.39 is 17.7 Å². The third-order valence-electron chi connectivity index (χ3n) is 5.34. The Hall–Kier alpha value is -3.37. The fraction of sp³-hybridized carbons (Fsp3) is 0.400. The van der Waals surface area contributed by atoms with Gasteiger partial charge in [0.05, 0.1) is 11.9 Å². The molecule has 4 rings (SSSR count). The summed E-state index contributed by atoms with van der Waals surface area (Å²) in [5.74, 6) is -0.696. The quantitative estimate of drug-likeness (QED) is 0.577. The van der Waals surface area contributed by atoms with E-state index in [0.29, 0.717) is 36.3 Å². The van der Waals surface area contributed by atoms with Gasteiger partial charge in [0.2, 0.25) is 5.91 Å². The van der Waals surface area contributed by atoms with Crippen molar-refractivity contribution < 1.29 is 22.7 Å². The smallest absolute Gasteiger partial charge is 0.409 e. The maximum Gasteiger partial charge on any atom is 0.409 e. The van der Waals surface area contributed by atoms with Crippen LogP contribution in [-0.4, -0.2) is 59.8 Å². The first kappa shape index (κ1) is 20.9. The molecule has 1 aliphatic carbocycles. The minimum Gasteiger partial charge on any atom is -0.458 e. The van der Waals surface area contributed by atoms with Crippen LogP contribution in [0.15, 0.2) is 43.0 Å². The molecule has 1 saturated carbocycles.